The summed E-state index contributed by atoms with van der Waals surface area (Å²) in [6, 6.07) is 0. The molecule has 0 aromatic rings. The lowest BCUT2D eigenvalue weighted by atomic mass is 9.98. The second kappa shape index (κ2) is 6.58. The van der Waals surface area contributed by atoms with E-state index in [9.17, 15) is 0 Å². The van der Waals surface area contributed by atoms with Crippen molar-refractivity contribution >= 4 is 11.6 Å². The van der Waals surface area contributed by atoms with Crippen molar-refractivity contribution in [1.29, 1.82) is 0 Å². The van der Waals surface area contributed by atoms with E-state index in [-0.39, 0.29) is 11.0 Å². The Bertz CT molecular complexity index is 251. The normalized spacial score (nSPS) is 28.3. The topological polar surface area (TPSA) is 21.3 Å². The summed E-state index contributed by atoms with van der Waals surface area (Å²) in [5, 5.41) is 3.74. The summed E-state index contributed by atoms with van der Waals surface area (Å²) in [7, 11) is 0. The lowest BCUT2D eigenvalue weighted by molar-refractivity contribution is -0.0350. The first kappa shape index (κ1) is 14.6. The van der Waals surface area contributed by atoms with Crippen LogP contribution in [0.2, 0.25) is 0 Å². The Labute approximate surface area is 117 Å². The van der Waals surface area contributed by atoms with Gasteiger partial charge in [0, 0.05) is 18.5 Å². The molecule has 1 N–H and O–H groups in total. The van der Waals surface area contributed by atoms with E-state index in [0.717, 1.165) is 19.5 Å². The summed E-state index contributed by atoms with van der Waals surface area (Å²) >= 11 is 6.28. The zero-order valence-corrected chi connectivity index (χ0v) is 12.6. The van der Waals surface area contributed by atoms with Crippen molar-refractivity contribution < 1.29 is 4.74 Å². The van der Waals surface area contributed by atoms with Gasteiger partial charge in [0.1, 0.15) is 0 Å². The molecule has 0 aromatic heterocycles. The van der Waals surface area contributed by atoms with Crippen molar-refractivity contribution in [3.63, 3.8) is 0 Å². The number of hydrogen-bond donors (Lipinski definition) is 1. The Morgan fingerprint density at radius 1 is 1.28 bits per heavy atom. The molecule has 1 spiro atoms. The van der Waals surface area contributed by atoms with Crippen LogP contribution >= 0.6 is 11.6 Å². The number of alkyl halides is 1. The Morgan fingerprint density at radius 3 is 2.67 bits per heavy atom. The van der Waals surface area contributed by atoms with Crippen molar-refractivity contribution in [2.24, 2.45) is 5.92 Å². The average molecular weight is 274 g/mol. The van der Waals surface area contributed by atoms with E-state index in [1.807, 2.05) is 0 Å². The first-order valence-corrected chi connectivity index (χ1v) is 8.06. The van der Waals surface area contributed by atoms with Crippen molar-refractivity contribution in [2.75, 3.05) is 13.1 Å². The van der Waals surface area contributed by atoms with E-state index >= 15 is 0 Å². The zero-order chi connectivity index (χ0) is 13.0. The van der Waals surface area contributed by atoms with Crippen LogP contribution in [-0.4, -0.2) is 30.2 Å². The van der Waals surface area contributed by atoms with Crippen LogP contribution in [0.25, 0.3) is 0 Å². The van der Waals surface area contributed by atoms with Gasteiger partial charge in [-0.15, -0.1) is 11.6 Å². The largest absolute Gasteiger partial charge is 0.370 e. The van der Waals surface area contributed by atoms with Crippen LogP contribution in [-0.2, 0) is 4.74 Å². The third-order valence-corrected chi connectivity index (χ3v) is 4.65. The molecule has 2 atom stereocenters. The molecule has 1 aliphatic heterocycles. The van der Waals surface area contributed by atoms with Gasteiger partial charge in [-0.1, -0.05) is 26.7 Å². The molecule has 1 heterocycles. The first-order chi connectivity index (χ1) is 8.60. The smallest absolute Gasteiger partial charge is 0.0708 e. The average Bonchev–Trinajstić information content (AvgIpc) is 2.89. The molecular formula is C15H28ClNO. The van der Waals surface area contributed by atoms with E-state index < -0.39 is 0 Å². The van der Waals surface area contributed by atoms with Crippen LogP contribution in [0.3, 0.4) is 0 Å². The minimum Gasteiger partial charge on any atom is -0.370 e. The Kier molecular flexibility index (Phi) is 5.35. The molecule has 0 amide bonds. The number of halogens is 1. The second-order valence-electron chi connectivity index (χ2n) is 6.55. The molecule has 3 heteroatoms. The predicted octanol–water partition coefficient (Wildman–Crippen LogP) is 3.72. The minimum atomic E-state index is 0.256. The molecule has 2 fully saturated rings. The molecule has 0 bridgehead atoms. The molecular weight excluding hydrogens is 246 g/mol. The molecule has 0 aromatic carbocycles. The molecule has 1 saturated carbocycles. The van der Waals surface area contributed by atoms with Crippen LogP contribution in [0.1, 0.15) is 58.8 Å². The lowest BCUT2D eigenvalue weighted by Gasteiger charge is -2.24. The van der Waals surface area contributed by atoms with E-state index in [1.165, 1.54) is 38.5 Å². The molecule has 18 heavy (non-hydrogen) atoms. The highest BCUT2D eigenvalue weighted by Crippen LogP contribution is 2.43. The van der Waals surface area contributed by atoms with Crippen molar-refractivity contribution in [2.45, 2.75) is 75.9 Å². The summed E-state index contributed by atoms with van der Waals surface area (Å²) in [6.07, 6.45) is 9.30. The summed E-state index contributed by atoms with van der Waals surface area (Å²) < 4.78 is 6.27. The molecule has 1 saturated heterocycles. The SMILES string of the molecule is CC(C)CC(Cl)CNCC1CCC2(CCCC2)O1. The van der Waals surface area contributed by atoms with Gasteiger partial charge in [0.15, 0.2) is 0 Å². The molecule has 2 unspecified atom stereocenters. The lowest BCUT2D eigenvalue weighted by Crippen LogP contribution is -2.34. The molecule has 0 radical (unpaired) electrons. The van der Waals surface area contributed by atoms with E-state index in [2.05, 4.69) is 19.2 Å². The van der Waals surface area contributed by atoms with E-state index in [0.29, 0.717) is 12.0 Å². The van der Waals surface area contributed by atoms with Crippen LogP contribution in [0.4, 0.5) is 0 Å². The van der Waals surface area contributed by atoms with Crippen LogP contribution in [0.15, 0.2) is 0 Å². The van der Waals surface area contributed by atoms with Crippen LogP contribution in [0.5, 0.6) is 0 Å². The fraction of sp³-hybridized carbons (Fsp3) is 1.00. The van der Waals surface area contributed by atoms with Crippen molar-refractivity contribution in [3.8, 4) is 0 Å². The first-order valence-electron chi connectivity index (χ1n) is 7.62. The Morgan fingerprint density at radius 2 is 2.00 bits per heavy atom. The van der Waals surface area contributed by atoms with Gasteiger partial charge in [-0.25, -0.2) is 0 Å². The maximum Gasteiger partial charge on any atom is 0.0708 e. The number of hydrogen-bond acceptors (Lipinski definition) is 2. The van der Waals surface area contributed by atoms with Gasteiger partial charge in [0.2, 0.25) is 0 Å². The van der Waals surface area contributed by atoms with Gasteiger partial charge < -0.3 is 10.1 Å². The quantitative estimate of drug-likeness (QED) is 0.745. The number of rotatable bonds is 6. The van der Waals surface area contributed by atoms with Gasteiger partial charge in [-0.3, -0.25) is 0 Å². The summed E-state index contributed by atoms with van der Waals surface area (Å²) in [5.41, 5.74) is 0.268. The molecule has 2 aliphatic rings. The fourth-order valence-electron chi connectivity index (χ4n) is 3.42. The maximum absolute atomic E-state index is 6.28. The summed E-state index contributed by atoms with van der Waals surface area (Å²) in [5.74, 6) is 0.679. The van der Waals surface area contributed by atoms with Gasteiger partial charge in [-0.2, -0.15) is 0 Å². The Hall–Kier alpha value is 0.210. The van der Waals surface area contributed by atoms with Gasteiger partial charge >= 0.3 is 0 Å². The minimum absolute atomic E-state index is 0.256. The highest BCUT2D eigenvalue weighted by molar-refractivity contribution is 6.20. The number of nitrogens with one attached hydrogen (secondary N) is 1. The number of ether oxygens (including phenoxy) is 1. The van der Waals surface area contributed by atoms with Crippen molar-refractivity contribution in [3.05, 3.63) is 0 Å². The standard InChI is InChI=1S/C15H28ClNO/c1-12(2)9-13(16)10-17-11-14-5-8-15(18-14)6-3-4-7-15/h12-14,17H,3-11H2,1-2H3. The van der Waals surface area contributed by atoms with E-state index in [4.69, 9.17) is 16.3 Å². The monoisotopic (exact) mass is 273 g/mol. The highest BCUT2D eigenvalue weighted by atomic mass is 35.5. The predicted molar refractivity (Wildman–Crippen MR) is 77.3 cm³/mol. The summed E-state index contributed by atoms with van der Waals surface area (Å²) in [6.45, 7) is 6.33. The van der Waals surface area contributed by atoms with Crippen molar-refractivity contribution in [1.82, 2.24) is 5.32 Å². The maximum atomic E-state index is 6.28. The molecule has 106 valence electrons. The summed E-state index contributed by atoms with van der Waals surface area (Å²) in [4.78, 5) is 0. The van der Waals surface area contributed by atoms with Gasteiger partial charge in [0.05, 0.1) is 11.7 Å². The van der Waals surface area contributed by atoms with Crippen LogP contribution < -0.4 is 5.32 Å². The molecule has 2 rings (SSSR count). The van der Waals surface area contributed by atoms with E-state index in [1.54, 1.807) is 0 Å². The Balaban J connectivity index is 1.60. The second-order valence-corrected chi connectivity index (χ2v) is 7.17. The fourth-order valence-corrected chi connectivity index (χ4v) is 3.89. The molecule has 2 nitrogen and oxygen atoms in total. The highest BCUT2D eigenvalue weighted by Gasteiger charge is 2.41. The van der Waals surface area contributed by atoms with Crippen LogP contribution in [0, 0.1) is 5.92 Å². The third kappa shape index (κ3) is 4.11. The molecule has 1 aliphatic carbocycles. The van der Waals surface area contributed by atoms with Gasteiger partial charge in [0.25, 0.3) is 0 Å². The van der Waals surface area contributed by atoms with Gasteiger partial charge in [-0.05, 0) is 38.0 Å². The zero-order valence-electron chi connectivity index (χ0n) is 11.9. The third-order valence-electron chi connectivity index (χ3n) is 4.32.